The molecule has 1 rings (SSSR count). The van der Waals surface area contributed by atoms with Crippen LogP contribution in [0.3, 0.4) is 0 Å². The molecule has 5 heteroatoms. The van der Waals surface area contributed by atoms with Gasteiger partial charge in [0.2, 0.25) is 0 Å². The number of allylic oxidation sites excluding steroid dienone is 2. The second-order valence-electron chi connectivity index (χ2n) is 1.60. The average Bonchev–Trinajstić information content (AvgIpc) is 2.12. The Hall–Kier alpha value is -1.65. The number of nitrogens with one attached hydrogen (secondary N) is 1. The van der Waals surface area contributed by atoms with Crippen LogP contribution in [0, 0.1) is 0 Å². The molecule has 1 heterocycles. The van der Waals surface area contributed by atoms with Gasteiger partial charge in [0.1, 0.15) is 0 Å². The van der Waals surface area contributed by atoms with Crippen molar-refractivity contribution < 1.29 is 4.79 Å². The van der Waals surface area contributed by atoms with E-state index < -0.39 is 5.91 Å². The maximum Gasteiger partial charge on any atom is 0.269 e. The zero-order valence-corrected chi connectivity index (χ0v) is 5.11. The molecule has 0 spiro atoms. The van der Waals surface area contributed by atoms with Crippen molar-refractivity contribution in [2.24, 2.45) is 16.1 Å². The molecule has 1 aliphatic heterocycles. The second-order valence-corrected chi connectivity index (χ2v) is 1.60. The first-order valence-corrected chi connectivity index (χ1v) is 2.63. The van der Waals surface area contributed by atoms with Gasteiger partial charge in [0, 0.05) is 6.20 Å². The van der Waals surface area contributed by atoms with E-state index >= 15 is 0 Å². The van der Waals surface area contributed by atoms with Crippen molar-refractivity contribution in [2.75, 3.05) is 0 Å². The summed E-state index contributed by atoms with van der Waals surface area (Å²) in [6.07, 6.45) is 4.62. The minimum Gasteiger partial charge on any atom is -0.364 e. The molecule has 0 saturated heterocycles. The zero-order valence-electron chi connectivity index (χ0n) is 5.11. The number of amides is 1. The van der Waals surface area contributed by atoms with Crippen LogP contribution < -0.4 is 11.2 Å². The van der Waals surface area contributed by atoms with E-state index in [1.54, 1.807) is 12.3 Å². The van der Waals surface area contributed by atoms with Crippen molar-refractivity contribution in [3.63, 3.8) is 0 Å². The van der Waals surface area contributed by atoms with E-state index in [1.807, 2.05) is 0 Å². The van der Waals surface area contributed by atoms with Crippen molar-refractivity contribution in [3.05, 3.63) is 24.0 Å². The third-order valence-electron chi connectivity index (χ3n) is 0.893. The summed E-state index contributed by atoms with van der Waals surface area (Å²) >= 11 is 0. The molecule has 0 saturated carbocycles. The molecular formula is C5H6N4O. The van der Waals surface area contributed by atoms with Crippen LogP contribution in [0.5, 0.6) is 0 Å². The van der Waals surface area contributed by atoms with E-state index in [2.05, 4.69) is 15.8 Å². The predicted octanol–water partition coefficient (Wildman–Crippen LogP) is -0.160. The van der Waals surface area contributed by atoms with Gasteiger partial charge in [0.05, 0.1) is 0 Å². The zero-order chi connectivity index (χ0) is 7.40. The number of hydrogen-bond donors (Lipinski definition) is 2. The van der Waals surface area contributed by atoms with Gasteiger partial charge >= 0.3 is 0 Å². The fraction of sp³-hybridized carbons (Fsp3) is 0. The Morgan fingerprint density at radius 1 is 1.70 bits per heavy atom. The number of carbonyl (C=O) groups is 1. The molecule has 3 N–H and O–H groups in total. The number of nitrogens with zero attached hydrogens (tertiary/aromatic N) is 2. The lowest BCUT2D eigenvalue weighted by Crippen LogP contribution is -2.11. The van der Waals surface area contributed by atoms with Gasteiger partial charge in [-0.05, 0) is 12.2 Å². The molecule has 1 amide bonds. The summed E-state index contributed by atoms with van der Waals surface area (Å²) in [6, 6.07) is 0. The molecule has 10 heavy (non-hydrogen) atoms. The van der Waals surface area contributed by atoms with Crippen LogP contribution in [0.15, 0.2) is 34.4 Å². The summed E-state index contributed by atoms with van der Waals surface area (Å²) < 4.78 is 0. The first kappa shape index (κ1) is 6.47. The number of carbonyl (C=O) groups excluding carboxylic acids is 1. The van der Waals surface area contributed by atoms with Gasteiger partial charge in [-0.25, -0.2) is 0 Å². The molecule has 0 atom stereocenters. The first-order valence-electron chi connectivity index (χ1n) is 2.63. The Morgan fingerprint density at radius 2 is 2.50 bits per heavy atom. The number of nitrogens with two attached hydrogens (primary N) is 1. The van der Waals surface area contributed by atoms with Gasteiger partial charge in [-0.15, -0.1) is 5.11 Å². The lowest BCUT2D eigenvalue weighted by molar-refractivity contribution is -0.114. The van der Waals surface area contributed by atoms with E-state index in [1.165, 1.54) is 6.08 Å². The number of primary amides is 1. The number of rotatable bonds is 1. The van der Waals surface area contributed by atoms with E-state index in [-0.39, 0.29) is 5.70 Å². The quantitative estimate of drug-likeness (QED) is 0.528. The van der Waals surface area contributed by atoms with Gasteiger partial charge in [0.25, 0.3) is 5.91 Å². The number of hydrogen-bond acceptors (Lipinski definition) is 4. The molecule has 0 aliphatic carbocycles. The molecule has 0 fully saturated rings. The second kappa shape index (κ2) is 2.77. The molecular weight excluding hydrogens is 132 g/mol. The maximum absolute atomic E-state index is 10.4. The molecule has 1 aliphatic rings. The summed E-state index contributed by atoms with van der Waals surface area (Å²) in [7, 11) is 0. The minimum absolute atomic E-state index is 0.140. The summed E-state index contributed by atoms with van der Waals surface area (Å²) in [6.45, 7) is 0. The molecule has 52 valence electrons. The molecule has 0 unspecified atom stereocenters. The van der Waals surface area contributed by atoms with E-state index in [9.17, 15) is 4.79 Å². The molecule has 0 bridgehead atoms. The van der Waals surface area contributed by atoms with Crippen LogP contribution in [0.1, 0.15) is 0 Å². The van der Waals surface area contributed by atoms with E-state index in [0.717, 1.165) is 0 Å². The lowest BCUT2D eigenvalue weighted by Gasteiger charge is -1.87. The minimum atomic E-state index is -0.586. The first-order chi connectivity index (χ1) is 4.80. The van der Waals surface area contributed by atoms with Crippen molar-refractivity contribution in [1.29, 1.82) is 0 Å². The fourth-order valence-corrected chi connectivity index (χ4v) is 0.463. The fourth-order valence-electron chi connectivity index (χ4n) is 0.463. The summed E-state index contributed by atoms with van der Waals surface area (Å²) in [5.41, 5.74) is 7.50. The molecule has 0 aromatic heterocycles. The lowest BCUT2D eigenvalue weighted by atomic mass is 10.4. The third kappa shape index (κ3) is 1.41. The van der Waals surface area contributed by atoms with Gasteiger partial charge in [-0.1, -0.05) is 5.22 Å². The van der Waals surface area contributed by atoms with Crippen molar-refractivity contribution in [1.82, 2.24) is 5.43 Å². The van der Waals surface area contributed by atoms with Crippen LogP contribution in [-0.4, -0.2) is 5.91 Å². The van der Waals surface area contributed by atoms with Crippen LogP contribution >= 0.6 is 0 Å². The van der Waals surface area contributed by atoms with Crippen LogP contribution in [0.25, 0.3) is 0 Å². The highest BCUT2D eigenvalue weighted by Crippen LogP contribution is 1.98. The summed E-state index contributed by atoms with van der Waals surface area (Å²) in [5, 5.41) is 6.85. The topological polar surface area (TPSA) is 79.8 Å². The highest BCUT2D eigenvalue weighted by Gasteiger charge is 2.01. The Morgan fingerprint density at radius 3 is 3.20 bits per heavy atom. The predicted molar refractivity (Wildman–Crippen MR) is 34.4 cm³/mol. The normalized spacial score (nSPS) is 15.4. The van der Waals surface area contributed by atoms with Crippen molar-refractivity contribution in [3.8, 4) is 0 Å². The smallest absolute Gasteiger partial charge is 0.269 e. The standard InChI is InChI=1S/C5H6N4O/c6-5(10)4-2-1-3-7-9-8-4/h1-3H,(H2,6,10)(H,7,8). The Balaban J connectivity index is 2.83. The van der Waals surface area contributed by atoms with Gasteiger partial charge < -0.3 is 5.73 Å². The van der Waals surface area contributed by atoms with E-state index in [0.29, 0.717) is 0 Å². The Kier molecular flexibility index (Phi) is 1.79. The average molecular weight is 138 g/mol. The molecule has 0 aromatic carbocycles. The highest BCUT2D eigenvalue weighted by atomic mass is 16.1. The van der Waals surface area contributed by atoms with Gasteiger partial charge in [-0.3, -0.25) is 10.2 Å². The SMILES string of the molecule is NC(=O)C1=CC=CNN=N1. The monoisotopic (exact) mass is 138 g/mol. The molecule has 0 radical (unpaired) electrons. The third-order valence-corrected chi connectivity index (χ3v) is 0.893. The highest BCUT2D eigenvalue weighted by molar-refractivity contribution is 5.91. The maximum atomic E-state index is 10.4. The van der Waals surface area contributed by atoms with Crippen LogP contribution in [-0.2, 0) is 4.79 Å². The largest absolute Gasteiger partial charge is 0.364 e. The summed E-state index contributed by atoms with van der Waals surface area (Å²) in [5.74, 6) is -0.586. The van der Waals surface area contributed by atoms with Crippen molar-refractivity contribution in [2.45, 2.75) is 0 Å². The summed E-state index contributed by atoms with van der Waals surface area (Å²) in [4.78, 5) is 10.4. The van der Waals surface area contributed by atoms with Gasteiger partial charge in [-0.2, -0.15) is 0 Å². The van der Waals surface area contributed by atoms with Crippen molar-refractivity contribution >= 4 is 5.91 Å². The Labute approximate surface area is 57.3 Å². The Bertz CT molecular complexity index is 228. The van der Waals surface area contributed by atoms with E-state index in [4.69, 9.17) is 5.73 Å². The molecule has 5 nitrogen and oxygen atoms in total. The van der Waals surface area contributed by atoms with Gasteiger partial charge in [0.15, 0.2) is 5.70 Å². The van der Waals surface area contributed by atoms with Crippen LogP contribution in [0.4, 0.5) is 0 Å². The van der Waals surface area contributed by atoms with Crippen LogP contribution in [0.2, 0.25) is 0 Å². The molecule has 0 aromatic rings.